The summed E-state index contributed by atoms with van der Waals surface area (Å²) in [4.78, 5) is 16.6. The lowest BCUT2D eigenvalue weighted by Gasteiger charge is -2.28. The maximum atomic E-state index is 12.4. The molecule has 0 spiro atoms. The minimum atomic E-state index is -0.335. The van der Waals surface area contributed by atoms with Gasteiger partial charge in [0.05, 0.1) is 12.2 Å². The zero-order valence-corrected chi connectivity index (χ0v) is 12.8. The number of benzene rings is 1. The van der Waals surface area contributed by atoms with Gasteiger partial charge in [0.2, 0.25) is 5.95 Å². The van der Waals surface area contributed by atoms with Crippen LogP contribution in [0.3, 0.4) is 0 Å². The number of allylic oxidation sites excluding steroid dienone is 1. The molecule has 0 fully saturated rings. The first-order valence-corrected chi connectivity index (χ1v) is 7.22. The molecule has 0 radical (unpaired) electrons. The van der Waals surface area contributed by atoms with Crippen molar-refractivity contribution in [2.24, 2.45) is 0 Å². The molecule has 6 heteroatoms. The van der Waals surface area contributed by atoms with Crippen molar-refractivity contribution in [1.82, 2.24) is 14.8 Å². The number of nitrogens with one attached hydrogen (secondary N) is 1. The predicted molar refractivity (Wildman–Crippen MR) is 82.3 cm³/mol. The second-order valence-electron chi connectivity index (χ2n) is 5.23. The Morgan fingerprint density at radius 2 is 2.23 bits per heavy atom. The van der Waals surface area contributed by atoms with E-state index in [2.05, 4.69) is 15.4 Å². The van der Waals surface area contributed by atoms with Crippen LogP contribution < -0.4 is 5.32 Å². The number of fused-ring (bicyclic) bond motifs is 1. The summed E-state index contributed by atoms with van der Waals surface area (Å²) >= 11 is 0. The van der Waals surface area contributed by atoms with Crippen molar-refractivity contribution in [2.45, 2.75) is 26.8 Å². The molecule has 0 bridgehead atoms. The minimum Gasteiger partial charge on any atom is -0.463 e. The topological polar surface area (TPSA) is 69.0 Å². The second-order valence-corrected chi connectivity index (χ2v) is 5.23. The molecule has 0 aliphatic carbocycles. The number of nitrogens with zero attached hydrogens (tertiary/aromatic N) is 3. The van der Waals surface area contributed by atoms with Crippen molar-refractivity contribution < 1.29 is 9.53 Å². The van der Waals surface area contributed by atoms with Crippen LogP contribution in [0, 0.1) is 6.92 Å². The summed E-state index contributed by atoms with van der Waals surface area (Å²) in [6.45, 7) is 6.01. The summed E-state index contributed by atoms with van der Waals surface area (Å²) in [5.41, 5.74) is 3.41. The highest BCUT2D eigenvalue weighted by molar-refractivity contribution is 5.92. The average molecular weight is 298 g/mol. The van der Waals surface area contributed by atoms with E-state index in [0.29, 0.717) is 18.1 Å². The van der Waals surface area contributed by atoms with Gasteiger partial charge in [-0.3, -0.25) is 0 Å². The maximum Gasteiger partial charge on any atom is 0.338 e. The lowest BCUT2D eigenvalue weighted by Crippen LogP contribution is -2.29. The first-order chi connectivity index (χ1) is 10.6. The van der Waals surface area contributed by atoms with Crippen LogP contribution in [0.5, 0.6) is 0 Å². The molecule has 1 aliphatic rings. The molecule has 0 saturated carbocycles. The Balaban J connectivity index is 2.15. The van der Waals surface area contributed by atoms with Crippen LogP contribution in [0.1, 0.15) is 31.0 Å². The number of esters is 1. The van der Waals surface area contributed by atoms with Crippen molar-refractivity contribution in [3.8, 4) is 0 Å². The summed E-state index contributed by atoms with van der Waals surface area (Å²) in [6.07, 6.45) is 1.48. The van der Waals surface area contributed by atoms with E-state index in [1.165, 1.54) is 6.33 Å². The number of aryl methyl sites for hydroxylation is 1. The molecule has 22 heavy (non-hydrogen) atoms. The second kappa shape index (κ2) is 5.63. The lowest BCUT2D eigenvalue weighted by atomic mass is 9.95. The highest BCUT2D eigenvalue weighted by Crippen LogP contribution is 2.35. The van der Waals surface area contributed by atoms with Gasteiger partial charge in [0.25, 0.3) is 0 Å². The number of anilines is 1. The van der Waals surface area contributed by atoms with Crippen LogP contribution in [0.25, 0.3) is 0 Å². The number of rotatable bonds is 3. The van der Waals surface area contributed by atoms with Crippen LogP contribution in [0.2, 0.25) is 0 Å². The predicted octanol–water partition coefficient (Wildman–Crippen LogP) is 2.44. The van der Waals surface area contributed by atoms with Gasteiger partial charge in [-0.2, -0.15) is 10.1 Å². The van der Waals surface area contributed by atoms with Crippen molar-refractivity contribution in [3.63, 3.8) is 0 Å². The smallest absolute Gasteiger partial charge is 0.338 e. The number of carbonyl (C=O) groups is 1. The largest absolute Gasteiger partial charge is 0.463 e. The SMILES string of the molecule is CCOC(=O)C1=C(C)Nc2ncnn2[C@H]1c1cccc(C)c1. The Hall–Kier alpha value is -2.63. The van der Waals surface area contributed by atoms with E-state index < -0.39 is 0 Å². The van der Waals surface area contributed by atoms with E-state index in [1.807, 2.05) is 38.1 Å². The normalized spacial score (nSPS) is 17.0. The van der Waals surface area contributed by atoms with Crippen molar-refractivity contribution in [2.75, 3.05) is 11.9 Å². The Morgan fingerprint density at radius 1 is 1.41 bits per heavy atom. The fourth-order valence-corrected chi connectivity index (χ4v) is 2.71. The van der Waals surface area contributed by atoms with Crippen molar-refractivity contribution in [3.05, 3.63) is 53.0 Å². The van der Waals surface area contributed by atoms with Gasteiger partial charge < -0.3 is 10.1 Å². The number of aromatic nitrogens is 3. The van der Waals surface area contributed by atoms with Gasteiger partial charge in [-0.25, -0.2) is 9.48 Å². The standard InChI is InChI=1S/C16H18N4O2/c1-4-22-15(21)13-11(3)19-16-17-9-18-20(16)14(13)12-7-5-6-10(2)8-12/h5-9,14H,4H2,1-3H3,(H,17,18,19)/t14-/m0/s1. The van der Waals surface area contributed by atoms with Crippen LogP contribution in [-0.4, -0.2) is 27.3 Å². The van der Waals surface area contributed by atoms with Crippen LogP contribution >= 0.6 is 0 Å². The fraction of sp³-hybridized carbons (Fsp3) is 0.312. The molecule has 1 aliphatic heterocycles. The monoisotopic (exact) mass is 298 g/mol. The summed E-state index contributed by atoms with van der Waals surface area (Å²) in [6, 6.07) is 7.70. The third-order valence-corrected chi connectivity index (χ3v) is 3.65. The zero-order chi connectivity index (χ0) is 15.7. The first kappa shape index (κ1) is 14.3. The molecule has 2 aromatic rings. The zero-order valence-electron chi connectivity index (χ0n) is 12.8. The van der Waals surface area contributed by atoms with Crippen molar-refractivity contribution in [1.29, 1.82) is 0 Å². The minimum absolute atomic E-state index is 0.333. The van der Waals surface area contributed by atoms with E-state index in [-0.39, 0.29) is 12.0 Å². The molecule has 1 atom stereocenters. The van der Waals surface area contributed by atoms with Gasteiger partial charge in [0.15, 0.2) is 0 Å². The third-order valence-electron chi connectivity index (χ3n) is 3.65. The Bertz CT molecular complexity index is 748. The molecule has 2 heterocycles. The van der Waals surface area contributed by atoms with E-state index in [4.69, 9.17) is 4.74 Å². The highest BCUT2D eigenvalue weighted by Gasteiger charge is 2.34. The quantitative estimate of drug-likeness (QED) is 0.881. The summed E-state index contributed by atoms with van der Waals surface area (Å²) < 4.78 is 6.94. The molecule has 3 rings (SSSR count). The van der Waals surface area contributed by atoms with E-state index in [9.17, 15) is 4.79 Å². The molecule has 1 aromatic carbocycles. The molecule has 0 saturated heterocycles. The average Bonchev–Trinajstić information content (AvgIpc) is 2.93. The molecular formula is C16H18N4O2. The van der Waals surface area contributed by atoms with E-state index >= 15 is 0 Å². The number of hydrogen-bond donors (Lipinski definition) is 1. The van der Waals surface area contributed by atoms with Crippen molar-refractivity contribution >= 4 is 11.9 Å². The van der Waals surface area contributed by atoms with Gasteiger partial charge in [-0.15, -0.1) is 0 Å². The Kier molecular flexibility index (Phi) is 3.66. The molecule has 6 nitrogen and oxygen atoms in total. The lowest BCUT2D eigenvalue weighted by molar-refractivity contribution is -0.139. The number of hydrogen-bond acceptors (Lipinski definition) is 5. The summed E-state index contributed by atoms with van der Waals surface area (Å²) in [5, 5.41) is 7.38. The van der Waals surface area contributed by atoms with Crippen LogP contribution in [0.4, 0.5) is 5.95 Å². The van der Waals surface area contributed by atoms with Crippen LogP contribution in [-0.2, 0) is 9.53 Å². The molecule has 1 N–H and O–H groups in total. The molecule has 114 valence electrons. The third kappa shape index (κ3) is 2.36. The molecule has 0 unspecified atom stereocenters. The molecule has 0 amide bonds. The van der Waals surface area contributed by atoms with E-state index in [1.54, 1.807) is 11.6 Å². The highest BCUT2D eigenvalue weighted by atomic mass is 16.5. The Labute approximate surface area is 128 Å². The van der Waals surface area contributed by atoms with E-state index in [0.717, 1.165) is 16.8 Å². The molecular weight excluding hydrogens is 280 g/mol. The fourth-order valence-electron chi connectivity index (χ4n) is 2.71. The summed E-state index contributed by atoms with van der Waals surface area (Å²) in [7, 11) is 0. The number of carbonyl (C=O) groups excluding carboxylic acids is 1. The van der Waals surface area contributed by atoms with Gasteiger partial charge >= 0.3 is 5.97 Å². The maximum absolute atomic E-state index is 12.4. The van der Waals surface area contributed by atoms with Gasteiger partial charge in [-0.1, -0.05) is 29.8 Å². The Morgan fingerprint density at radius 3 is 2.95 bits per heavy atom. The first-order valence-electron chi connectivity index (χ1n) is 7.22. The number of ether oxygens (including phenoxy) is 1. The van der Waals surface area contributed by atoms with Gasteiger partial charge in [0.1, 0.15) is 12.4 Å². The van der Waals surface area contributed by atoms with Gasteiger partial charge in [0, 0.05) is 5.70 Å². The van der Waals surface area contributed by atoms with Crippen LogP contribution in [0.15, 0.2) is 41.9 Å². The molecule has 1 aromatic heterocycles. The summed E-state index contributed by atoms with van der Waals surface area (Å²) in [5.74, 6) is 0.289. The van der Waals surface area contributed by atoms with Gasteiger partial charge in [-0.05, 0) is 26.3 Å².